The van der Waals surface area contributed by atoms with Crippen LogP contribution in [0.3, 0.4) is 0 Å². The van der Waals surface area contributed by atoms with Gasteiger partial charge in [0, 0.05) is 6.04 Å². The van der Waals surface area contributed by atoms with E-state index in [1.54, 1.807) is 13.0 Å². The Kier molecular flexibility index (Phi) is 6.29. The first-order valence-corrected chi connectivity index (χ1v) is 6.38. The standard InChI is InChI=1S/C14H20FNO3/c1-3-4-7-18-14(17)9-19-13-6-5-11(10(2)16)8-12(13)15/h5-6,8,10H,3-4,7,9,16H2,1-2H3/t10-/m1/s1. The number of esters is 1. The molecular formula is C14H20FNO3. The number of hydrogen-bond donors (Lipinski definition) is 1. The summed E-state index contributed by atoms with van der Waals surface area (Å²) >= 11 is 0. The zero-order valence-electron chi connectivity index (χ0n) is 11.3. The van der Waals surface area contributed by atoms with Gasteiger partial charge in [0.25, 0.3) is 0 Å². The van der Waals surface area contributed by atoms with Crippen LogP contribution in [0.4, 0.5) is 4.39 Å². The first kappa shape index (κ1) is 15.4. The molecule has 0 saturated carbocycles. The maximum Gasteiger partial charge on any atom is 0.344 e. The fraction of sp³-hybridized carbons (Fsp3) is 0.500. The number of nitrogens with two attached hydrogens (primary N) is 1. The molecular weight excluding hydrogens is 249 g/mol. The fourth-order valence-electron chi connectivity index (χ4n) is 1.43. The van der Waals surface area contributed by atoms with E-state index in [1.807, 2.05) is 6.92 Å². The lowest BCUT2D eigenvalue weighted by Crippen LogP contribution is -2.16. The predicted octanol–water partition coefficient (Wildman–Crippen LogP) is 2.57. The molecule has 1 rings (SSSR count). The third-order valence-corrected chi connectivity index (χ3v) is 2.59. The van der Waals surface area contributed by atoms with Crippen molar-refractivity contribution in [2.45, 2.75) is 32.7 Å². The van der Waals surface area contributed by atoms with Crippen molar-refractivity contribution >= 4 is 5.97 Å². The summed E-state index contributed by atoms with van der Waals surface area (Å²) < 4.78 is 23.6. The van der Waals surface area contributed by atoms with E-state index in [2.05, 4.69) is 0 Å². The molecule has 0 unspecified atom stereocenters. The van der Waals surface area contributed by atoms with Gasteiger partial charge in [0.2, 0.25) is 0 Å². The topological polar surface area (TPSA) is 61.5 Å². The van der Waals surface area contributed by atoms with E-state index >= 15 is 0 Å². The third-order valence-electron chi connectivity index (χ3n) is 2.59. The number of halogens is 1. The number of rotatable bonds is 7. The molecule has 0 aromatic heterocycles. The Morgan fingerprint density at radius 2 is 2.21 bits per heavy atom. The van der Waals surface area contributed by atoms with E-state index in [1.165, 1.54) is 12.1 Å². The van der Waals surface area contributed by atoms with Gasteiger partial charge in [-0.15, -0.1) is 0 Å². The van der Waals surface area contributed by atoms with Gasteiger partial charge in [0.15, 0.2) is 18.2 Å². The summed E-state index contributed by atoms with van der Waals surface area (Å²) in [5.74, 6) is -1.00. The van der Waals surface area contributed by atoms with E-state index in [-0.39, 0.29) is 18.4 Å². The van der Waals surface area contributed by atoms with Crippen LogP contribution in [-0.4, -0.2) is 19.2 Å². The normalized spacial score (nSPS) is 12.0. The van der Waals surface area contributed by atoms with Crippen LogP contribution in [0.25, 0.3) is 0 Å². The number of benzene rings is 1. The maximum atomic E-state index is 13.6. The number of hydrogen-bond acceptors (Lipinski definition) is 4. The molecule has 5 heteroatoms. The Hall–Kier alpha value is -1.62. The number of carbonyl (C=O) groups is 1. The molecule has 0 fully saturated rings. The van der Waals surface area contributed by atoms with Crippen molar-refractivity contribution < 1.29 is 18.7 Å². The largest absolute Gasteiger partial charge is 0.479 e. The van der Waals surface area contributed by atoms with Gasteiger partial charge >= 0.3 is 5.97 Å². The van der Waals surface area contributed by atoms with Crippen LogP contribution in [0.2, 0.25) is 0 Å². The summed E-state index contributed by atoms with van der Waals surface area (Å²) in [5.41, 5.74) is 6.32. The minimum Gasteiger partial charge on any atom is -0.479 e. The fourth-order valence-corrected chi connectivity index (χ4v) is 1.43. The maximum absolute atomic E-state index is 13.6. The summed E-state index contributed by atoms with van der Waals surface area (Å²) in [5, 5.41) is 0. The van der Waals surface area contributed by atoms with Gasteiger partial charge in [-0.3, -0.25) is 0 Å². The van der Waals surface area contributed by atoms with Crippen LogP contribution in [0, 0.1) is 5.82 Å². The molecule has 0 amide bonds. The van der Waals surface area contributed by atoms with Gasteiger partial charge in [-0.05, 0) is 31.0 Å². The van der Waals surface area contributed by atoms with Crippen LogP contribution >= 0.6 is 0 Å². The van der Waals surface area contributed by atoms with Gasteiger partial charge in [-0.2, -0.15) is 0 Å². The highest BCUT2D eigenvalue weighted by molar-refractivity contribution is 5.71. The second-order valence-electron chi connectivity index (χ2n) is 4.34. The van der Waals surface area contributed by atoms with E-state index in [0.717, 1.165) is 12.8 Å². The second-order valence-corrected chi connectivity index (χ2v) is 4.34. The zero-order valence-corrected chi connectivity index (χ0v) is 11.3. The van der Waals surface area contributed by atoms with Crippen LogP contribution in [0.5, 0.6) is 5.75 Å². The summed E-state index contributed by atoms with van der Waals surface area (Å²) in [6, 6.07) is 4.20. The first-order valence-electron chi connectivity index (χ1n) is 6.38. The second kappa shape index (κ2) is 7.74. The predicted molar refractivity (Wildman–Crippen MR) is 70.4 cm³/mol. The minimum absolute atomic E-state index is 0.0249. The van der Waals surface area contributed by atoms with Crippen molar-refractivity contribution in [3.63, 3.8) is 0 Å². The Morgan fingerprint density at radius 3 is 2.79 bits per heavy atom. The van der Waals surface area contributed by atoms with Crippen LogP contribution in [0.1, 0.15) is 38.3 Å². The van der Waals surface area contributed by atoms with Crippen LogP contribution < -0.4 is 10.5 Å². The molecule has 19 heavy (non-hydrogen) atoms. The first-order chi connectivity index (χ1) is 9.04. The van der Waals surface area contributed by atoms with Crippen molar-refractivity contribution in [2.24, 2.45) is 5.73 Å². The van der Waals surface area contributed by atoms with Gasteiger partial charge < -0.3 is 15.2 Å². The van der Waals surface area contributed by atoms with Crippen molar-refractivity contribution in [3.8, 4) is 5.75 Å². The van der Waals surface area contributed by atoms with E-state index in [9.17, 15) is 9.18 Å². The lowest BCUT2D eigenvalue weighted by molar-refractivity contribution is -0.146. The minimum atomic E-state index is -0.531. The third kappa shape index (κ3) is 5.26. The Morgan fingerprint density at radius 1 is 1.47 bits per heavy atom. The molecule has 1 aromatic carbocycles. The molecule has 0 aliphatic heterocycles. The Balaban J connectivity index is 2.47. The van der Waals surface area contributed by atoms with Gasteiger partial charge in [-0.1, -0.05) is 19.4 Å². The molecule has 1 atom stereocenters. The molecule has 0 spiro atoms. The van der Waals surface area contributed by atoms with Crippen molar-refractivity contribution in [1.29, 1.82) is 0 Å². The van der Waals surface area contributed by atoms with E-state index in [0.29, 0.717) is 12.2 Å². The highest BCUT2D eigenvalue weighted by Gasteiger charge is 2.10. The average molecular weight is 269 g/mol. The number of ether oxygens (including phenoxy) is 2. The van der Waals surface area contributed by atoms with Crippen molar-refractivity contribution in [1.82, 2.24) is 0 Å². The number of carbonyl (C=O) groups excluding carboxylic acids is 1. The quantitative estimate of drug-likeness (QED) is 0.610. The van der Waals surface area contributed by atoms with E-state index in [4.69, 9.17) is 15.2 Å². The molecule has 2 N–H and O–H groups in total. The summed E-state index contributed by atoms with van der Waals surface area (Å²) in [6.45, 7) is 3.84. The number of unbranched alkanes of at least 4 members (excludes halogenated alkanes) is 1. The molecule has 0 heterocycles. The van der Waals surface area contributed by atoms with Crippen LogP contribution in [-0.2, 0) is 9.53 Å². The Labute approximate surface area is 112 Å². The SMILES string of the molecule is CCCCOC(=O)COc1ccc([C@@H](C)N)cc1F. The molecule has 0 saturated heterocycles. The van der Waals surface area contributed by atoms with Gasteiger partial charge in [-0.25, -0.2) is 9.18 Å². The molecule has 4 nitrogen and oxygen atoms in total. The molecule has 0 bridgehead atoms. The Bertz CT molecular complexity index is 421. The summed E-state index contributed by atoms with van der Waals surface area (Å²) in [7, 11) is 0. The van der Waals surface area contributed by atoms with Crippen LogP contribution in [0.15, 0.2) is 18.2 Å². The average Bonchev–Trinajstić information content (AvgIpc) is 2.37. The summed E-state index contributed by atoms with van der Waals surface area (Å²) in [4.78, 5) is 11.3. The highest BCUT2D eigenvalue weighted by Crippen LogP contribution is 2.21. The summed E-state index contributed by atoms with van der Waals surface area (Å²) in [6.07, 6.45) is 1.75. The lowest BCUT2D eigenvalue weighted by Gasteiger charge is -2.10. The van der Waals surface area contributed by atoms with Gasteiger partial charge in [0.1, 0.15) is 0 Å². The molecule has 1 aromatic rings. The molecule has 106 valence electrons. The molecule has 0 radical (unpaired) electrons. The van der Waals surface area contributed by atoms with Gasteiger partial charge in [0.05, 0.1) is 6.61 Å². The molecule has 0 aliphatic rings. The highest BCUT2D eigenvalue weighted by atomic mass is 19.1. The zero-order chi connectivity index (χ0) is 14.3. The smallest absolute Gasteiger partial charge is 0.344 e. The monoisotopic (exact) mass is 269 g/mol. The molecule has 0 aliphatic carbocycles. The van der Waals surface area contributed by atoms with Crippen molar-refractivity contribution in [3.05, 3.63) is 29.6 Å². The van der Waals surface area contributed by atoms with Crippen molar-refractivity contribution in [2.75, 3.05) is 13.2 Å². The lowest BCUT2D eigenvalue weighted by atomic mass is 10.1. The van der Waals surface area contributed by atoms with E-state index < -0.39 is 11.8 Å².